The maximum absolute atomic E-state index is 11.5. The number of nitrogens with zero attached hydrogens (tertiary/aromatic N) is 4. The third-order valence-electron chi connectivity index (χ3n) is 2.40. The van der Waals surface area contributed by atoms with E-state index in [1.54, 1.807) is 5.01 Å². The first-order valence-corrected chi connectivity index (χ1v) is 5.71. The van der Waals surface area contributed by atoms with E-state index in [1.165, 1.54) is 13.4 Å². The summed E-state index contributed by atoms with van der Waals surface area (Å²) < 4.78 is 6.49. The number of ether oxygens (including phenoxy) is 1. The van der Waals surface area contributed by atoms with Crippen molar-refractivity contribution in [2.45, 2.75) is 0 Å². The summed E-state index contributed by atoms with van der Waals surface area (Å²) in [5, 5.41) is 5.95. The normalized spacial score (nSPS) is 14.9. The van der Waals surface area contributed by atoms with Gasteiger partial charge in [0.05, 0.1) is 24.5 Å². The maximum Gasteiger partial charge on any atom is 0.360 e. The number of hydrogen-bond donors (Lipinski definition) is 1. The Balaban J connectivity index is 2.19. The van der Waals surface area contributed by atoms with Crippen LogP contribution in [0, 0.1) is 0 Å². The molecule has 0 saturated heterocycles. The Kier molecular flexibility index (Phi) is 3.58. The van der Waals surface area contributed by atoms with Crippen molar-refractivity contribution in [3.8, 4) is 0 Å². The Bertz CT molecular complexity index is 444. The third kappa shape index (κ3) is 2.38. The summed E-state index contributed by atoms with van der Waals surface area (Å²) in [6.45, 7) is 2.11. The molecule has 17 heavy (non-hydrogen) atoms. The van der Waals surface area contributed by atoms with Gasteiger partial charge < -0.3 is 9.72 Å². The highest BCUT2D eigenvalue weighted by molar-refractivity contribution is 6.17. The molecule has 0 bridgehead atoms. The number of aromatic amines is 1. The van der Waals surface area contributed by atoms with Crippen LogP contribution < -0.4 is 5.01 Å². The standard InChI is InChI=1S/C9H12ClN5O2/c1-17-9(16)7-8(12-6-11-7)15-5-4-14(13-15)3-2-10/h6H,2-5H2,1H3/p+1. The molecule has 0 atom stereocenters. The molecule has 2 heterocycles. The van der Waals surface area contributed by atoms with E-state index in [1.807, 2.05) is 4.70 Å². The number of methoxy groups -OCH3 is 1. The van der Waals surface area contributed by atoms with Gasteiger partial charge in [-0.15, -0.1) is 16.6 Å². The lowest BCUT2D eigenvalue weighted by atomic mass is 10.4. The number of aromatic nitrogens is 2. The molecule has 0 amide bonds. The minimum atomic E-state index is -0.455. The molecule has 1 N–H and O–H groups in total. The van der Waals surface area contributed by atoms with E-state index in [-0.39, 0.29) is 0 Å². The number of rotatable bonds is 4. The number of H-pyrrole nitrogens is 1. The minimum absolute atomic E-state index is 0.309. The Hall–Kier alpha value is -1.63. The smallest absolute Gasteiger partial charge is 0.360 e. The Morgan fingerprint density at radius 2 is 2.59 bits per heavy atom. The van der Waals surface area contributed by atoms with Crippen LogP contribution in [-0.4, -0.2) is 53.3 Å². The first kappa shape index (κ1) is 11.8. The van der Waals surface area contributed by atoms with Crippen LogP contribution >= 0.6 is 11.6 Å². The maximum atomic E-state index is 11.5. The zero-order chi connectivity index (χ0) is 12.3. The van der Waals surface area contributed by atoms with Crippen LogP contribution in [0.15, 0.2) is 11.6 Å². The molecule has 92 valence electrons. The average Bonchev–Trinajstić information content (AvgIpc) is 2.95. The van der Waals surface area contributed by atoms with Crippen molar-refractivity contribution in [1.82, 2.24) is 9.97 Å². The van der Waals surface area contributed by atoms with E-state index in [4.69, 9.17) is 11.6 Å². The summed E-state index contributed by atoms with van der Waals surface area (Å²) in [5.74, 6) is 0.541. The number of carbonyl (C=O) groups excluding carboxylic acids is 1. The molecule has 0 fully saturated rings. The van der Waals surface area contributed by atoms with Crippen LogP contribution in [0.2, 0.25) is 0 Å². The van der Waals surface area contributed by atoms with Crippen molar-refractivity contribution in [3.63, 3.8) is 0 Å². The van der Waals surface area contributed by atoms with Crippen molar-refractivity contribution in [2.75, 3.05) is 37.6 Å². The van der Waals surface area contributed by atoms with Crippen LogP contribution in [0.4, 0.5) is 5.82 Å². The number of hydrogen-bond acceptors (Lipinski definition) is 5. The molecule has 0 saturated carbocycles. The molecule has 0 aromatic carbocycles. The van der Waals surface area contributed by atoms with E-state index in [2.05, 4.69) is 19.9 Å². The van der Waals surface area contributed by atoms with Gasteiger partial charge in [0.15, 0.2) is 12.2 Å². The van der Waals surface area contributed by atoms with Crippen molar-refractivity contribution in [2.24, 2.45) is 5.22 Å². The van der Waals surface area contributed by atoms with E-state index in [0.717, 1.165) is 6.54 Å². The van der Waals surface area contributed by atoms with Gasteiger partial charge in [0.25, 0.3) is 5.82 Å². The largest absolute Gasteiger partial charge is 0.464 e. The quantitative estimate of drug-likeness (QED) is 0.489. The van der Waals surface area contributed by atoms with Crippen LogP contribution in [-0.2, 0) is 4.74 Å². The molecule has 1 aromatic heterocycles. The fourth-order valence-corrected chi connectivity index (χ4v) is 1.78. The topological polar surface area (TPSA) is 73.6 Å². The lowest BCUT2D eigenvalue weighted by Gasteiger charge is -2.01. The summed E-state index contributed by atoms with van der Waals surface area (Å²) in [4.78, 5) is 18.3. The zero-order valence-electron chi connectivity index (χ0n) is 9.39. The molecule has 8 heteroatoms. The molecule has 0 aliphatic carbocycles. The lowest BCUT2D eigenvalue weighted by molar-refractivity contribution is -0.575. The van der Waals surface area contributed by atoms with Crippen molar-refractivity contribution in [3.05, 3.63) is 12.0 Å². The van der Waals surface area contributed by atoms with Gasteiger partial charge in [-0.25, -0.2) is 4.79 Å². The van der Waals surface area contributed by atoms with Crippen LogP contribution in [0.5, 0.6) is 0 Å². The van der Waals surface area contributed by atoms with Crippen molar-refractivity contribution >= 4 is 23.4 Å². The molecular formula is C9H13ClN5O2+. The van der Waals surface area contributed by atoms with Crippen LogP contribution in [0.3, 0.4) is 0 Å². The molecule has 0 unspecified atom stereocenters. The van der Waals surface area contributed by atoms with Crippen LogP contribution in [0.1, 0.15) is 10.5 Å². The summed E-state index contributed by atoms with van der Waals surface area (Å²) in [6, 6.07) is 0. The number of alkyl halides is 1. The lowest BCUT2D eigenvalue weighted by Crippen LogP contribution is -2.18. The second-order valence-corrected chi connectivity index (χ2v) is 3.83. The molecule has 1 aliphatic rings. The van der Waals surface area contributed by atoms with Gasteiger partial charge in [0, 0.05) is 0 Å². The SMILES string of the molecule is COC(=O)c1[nH]cnc1N1CC[N+](CCCl)=N1. The highest BCUT2D eigenvalue weighted by atomic mass is 35.5. The summed E-state index contributed by atoms with van der Waals surface area (Å²) in [7, 11) is 1.33. The van der Waals surface area contributed by atoms with Gasteiger partial charge in [-0.05, 0) is 0 Å². The first-order chi connectivity index (χ1) is 8.26. The van der Waals surface area contributed by atoms with E-state index in [0.29, 0.717) is 30.5 Å². The number of carbonyl (C=O) groups is 1. The first-order valence-electron chi connectivity index (χ1n) is 5.18. The second kappa shape index (κ2) is 5.13. The molecule has 1 aromatic rings. The number of imidazole rings is 1. The predicted molar refractivity (Wildman–Crippen MR) is 60.4 cm³/mol. The summed E-state index contributed by atoms with van der Waals surface area (Å²) in [6.07, 6.45) is 1.45. The highest BCUT2D eigenvalue weighted by Gasteiger charge is 2.30. The monoisotopic (exact) mass is 258 g/mol. The zero-order valence-corrected chi connectivity index (χ0v) is 10.1. The van der Waals surface area contributed by atoms with Gasteiger partial charge in [-0.3, -0.25) is 0 Å². The molecule has 0 radical (unpaired) electrons. The number of halogens is 1. The molecule has 2 rings (SSSR count). The Labute approximate surface area is 103 Å². The number of esters is 1. The van der Waals surface area contributed by atoms with E-state index < -0.39 is 5.97 Å². The highest BCUT2D eigenvalue weighted by Crippen LogP contribution is 2.19. The van der Waals surface area contributed by atoms with E-state index >= 15 is 0 Å². The summed E-state index contributed by atoms with van der Waals surface area (Å²) in [5.41, 5.74) is 0.309. The average molecular weight is 259 g/mol. The third-order valence-corrected chi connectivity index (χ3v) is 2.57. The van der Waals surface area contributed by atoms with Crippen molar-refractivity contribution in [1.29, 1.82) is 0 Å². The fraction of sp³-hybridized carbons (Fsp3) is 0.556. The van der Waals surface area contributed by atoms with E-state index in [9.17, 15) is 4.79 Å². The number of nitrogens with one attached hydrogen (secondary N) is 1. The van der Waals surface area contributed by atoms with Gasteiger partial charge in [0.1, 0.15) is 13.1 Å². The van der Waals surface area contributed by atoms with Gasteiger partial charge >= 0.3 is 5.97 Å². The molecule has 1 aliphatic heterocycles. The molecular weight excluding hydrogens is 246 g/mol. The van der Waals surface area contributed by atoms with Crippen LogP contribution in [0.25, 0.3) is 0 Å². The van der Waals surface area contributed by atoms with Gasteiger partial charge in [0.2, 0.25) is 0 Å². The predicted octanol–water partition coefficient (Wildman–Crippen LogP) is 0.635. The van der Waals surface area contributed by atoms with Crippen molar-refractivity contribution < 1.29 is 14.2 Å². The summed E-state index contributed by atoms with van der Waals surface area (Å²) >= 11 is 5.64. The number of anilines is 1. The second-order valence-electron chi connectivity index (χ2n) is 3.45. The Morgan fingerprint density at radius 1 is 1.76 bits per heavy atom. The molecule has 7 nitrogen and oxygen atoms in total. The van der Waals surface area contributed by atoms with Gasteiger partial charge in [-0.1, -0.05) is 0 Å². The minimum Gasteiger partial charge on any atom is -0.464 e. The molecule has 0 spiro atoms. The Morgan fingerprint density at radius 3 is 3.29 bits per heavy atom. The fourth-order valence-electron chi connectivity index (χ4n) is 1.59. The van der Waals surface area contributed by atoms with Gasteiger partial charge in [-0.2, -0.15) is 9.68 Å².